The van der Waals surface area contributed by atoms with E-state index in [2.05, 4.69) is 0 Å². The van der Waals surface area contributed by atoms with Gasteiger partial charge in [0.2, 0.25) is 10.0 Å². The van der Waals surface area contributed by atoms with Crippen molar-refractivity contribution in [3.8, 4) is 0 Å². The first kappa shape index (κ1) is 20.4. The van der Waals surface area contributed by atoms with E-state index in [1.165, 1.54) is 4.31 Å². The zero-order chi connectivity index (χ0) is 20.1. The molecular formula is C21H27N3O3S. The van der Waals surface area contributed by atoms with Crippen LogP contribution in [0.4, 0.5) is 5.69 Å². The molecule has 6 nitrogen and oxygen atoms in total. The number of sulfonamides is 1. The Labute approximate surface area is 167 Å². The van der Waals surface area contributed by atoms with Crippen molar-refractivity contribution >= 4 is 21.6 Å². The van der Waals surface area contributed by atoms with Gasteiger partial charge in [-0.3, -0.25) is 9.10 Å². The summed E-state index contributed by atoms with van der Waals surface area (Å²) in [4.78, 5) is 17.1. The molecule has 1 aliphatic heterocycles. The summed E-state index contributed by atoms with van der Waals surface area (Å²) in [5.74, 6) is 0.0675. The number of carbonyl (C=O) groups is 1. The average Bonchev–Trinajstić information content (AvgIpc) is 3.04. The van der Waals surface area contributed by atoms with Crippen LogP contribution >= 0.6 is 0 Å². The first-order chi connectivity index (χ1) is 13.4. The summed E-state index contributed by atoms with van der Waals surface area (Å²) in [6.45, 7) is 2.32. The van der Waals surface area contributed by atoms with Gasteiger partial charge in [-0.1, -0.05) is 36.4 Å². The monoisotopic (exact) mass is 401 g/mol. The van der Waals surface area contributed by atoms with Crippen molar-refractivity contribution in [1.82, 2.24) is 9.80 Å². The second-order valence-corrected chi connectivity index (χ2v) is 9.32. The summed E-state index contributed by atoms with van der Waals surface area (Å²) in [7, 11) is 0.681. The largest absolute Gasteiger partial charge is 0.333 e. The SMILES string of the molecule is CN(C)CCN(Cc1ccccc1)C(=O)c1cccc(N2CCCS2(=O)=O)c1. The summed E-state index contributed by atoms with van der Waals surface area (Å²) in [6, 6.07) is 16.8. The fraction of sp³-hybridized carbons (Fsp3) is 0.381. The summed E-state index contributed by atoms with van der Waals surface area (Å²) in [5.41, 5.74) is 2.14. The van der Waals surface area contributed by atoms with Crippen molar-refractivity contribution in [2.45, 2.75) is 13.0 Å². The lowest BCUT2D eigenvalue weighted by atomic mass is 10.1. The lowest BCUT2D eigenvalue weighted by Gasteiger charge is -2.25. The molecule has 0 saturated carbocycles. The molecule has 0 aliphatic carbocycles. The molecule has 0 aromatic heterocycles. The minimum atomic E-state index is -3.27. The first-order valence-electron chi connectivity index (χ1n) is 9.45. The standard InChI is InChI=1S/C21H27N3O3S/c1-22(2)13-14-23(17-18-8-4-3-5-9-18)21(25)19-10-6-11-20(16-19)24-12-7-15-28(24,26)27/h3-6,8-11,16H,7,12-15,17H2,1-2H3. The van der Waals surface area contributed by atoms with E-state index in [4.69, 9.17) is 0 Å². The molecule has 1 aliphatic rings. The Hall–Kier alpha value is -2.38. The zero-order valence-electron chi connectivity index (χ0n) is 16.4. The van der Waals surface area contributed by atoms with Gasteiger partial charge in [-0.2, -0.15) is 0 Å². The van der Waals surface area contributed by atoms with Crippen LogP contribution < -0.4 is 4.31 Å². The molecule has 150 valence electrons. The maximum absolute atomic E-state index is 13.2. The maximum Gasteiger partial charge on any atom is 0.254 e. The van der Waals surface area contributed by atoms with Gasteiger partial charge in [-0.05, 0) is 44.3 Å². The number of carbonyl (C=O) groups excluding carboxylic acids is 1. The van der Waals surface area contributed by atoms with Gasteiger partial charge in [0.1, 0.15) is 0 Å². The highest BCUT2D eigenvalue weighted by atomic mass is 32.2. The number of amides is 1. The smallest absolute Gasteiger partial charge is 0.254 e. The van der Waals surface area contributed by atoms with E-state index >= 15 is 0 Å². The van der Waals surface area contributed by atoms with Crippen LogP contribution in [-0.2, 0) is 16.6 Å². The van der Waals surface area contributed by atoms with E-state index in [1.807, 2.05) is 54.2 Å². The van der Waals surface area contributed by atoms with E-state index in [0.29, 0.717) is 37.3 Å². The van der Waals surface area contributed by atoms with Crippen molar-refractivity contribution in [2.75, 3.05) is 43.8 Å². The van der Waals surface area contributed by atoms with Crippen molar-refractivity contribution in [1.29, 1.82) is 0 Å². The zero-order valence-corrected chi connectivity index (χ0v) is 17.2. The number of hydrogen-bond acceptors (Lipinski definition) is 4. The van der Waals surface area contributed by atoms with Gasteiger partial charge >= 0.3 is 0 Å². The molecule has 3 rings (SSSR count). The Morgan fingerprint density at radius 3 is 2.43 bits per heavy atom. The van der Waals surface area contributed by atoms with Crippen LogP contribution in [0.15, 0.2) is 54.6 Å². The second-order valence-electron chi connectivity index (χ2n) is 7.31. The molecule has 2 aromatic carbocycles. The summed E-state index contributed by atoms with van der Waals surface area (Å²) in [5, 5.41) is 0. The van der Waals surface area contributed by atoms with Gasteiger partial charge in [0.05, 0.1) is 11.4 Å². The molecule has 0 N–H and O–H groups in total. The Morgan fingerprint density at radius 1 is 1.04 bits per heavy atom. The molecule has 1 saturated heterocycles. The molecule has 0 atom stereocenters. The number of likely N-dealkylation sites (N-methyl/N-ethyl adjacent to an activating group) is 1. The van der Waals surface area contributed by atoms with Gasteiger partial charge in [0.25, 0.3) is 5.91 Å². The third-order valence-electron chi connectivity index (χ3n) is 4.80. The molecule has 1 amide bonds. The molecule has 1 fully saturated rings. The normalized spacial score (nSPS) is 15.8. The number of rotatable bonds is 7. The van der Waals surface area contributed by atoms with Crippen molar-refractivity contribution < 1.29 is 13.2 Å². The minimum Gasteiger partial charge on any atom is -0.333 e. The maximum atomic E-state index is 13.2. The molecule has 28 heavy (non-hydrogen) atoms. The van der Waals surface area contributed by atoms with Crippen LogP contribution in [0, 0.1) is 0 Å². The number of hydrogen-bond donors (Lipinski definition) is 0. The van der Waals surface area contributed by atoms with Crippen molar-refractivity contribution in [3.63, 3.8) is 0 Å². The molecule has 7 heteroatoms. The molecule has 2 aromatic rings. The van der Waals surface area contributed by atoms with Crippen molar-refractivity contribution in [2.24, 2.45) is 0 Å². The molecule has 0 unspecified atom stereocenters. The van der Waals surface area contributed by atoms with Gasteiger partial charge in [0, 0.05) is 31.7 Å². The third kappa shape index (κ3) is 4.91. The predicted octanol–water partition coefficient (Wildman–Crippen LogP) is 2.43. The van der Waals surface area contributed by atoms with Crippen LogP contribution in [0.5, 0.6) is 0 Å². The summed E-state index contributed by atoms with van der Waals surface area (Å²) in [6.07, 6.45) is 0.615. The quantitative estimate of drug-likeness (QED) is 0.715. The number of anilines is 1. The van der Waals surface area contributed by atoms with E-state index in [0.717, 1.165) is 12.1 Å². The first-order valence-corrected chi connectivity index (χ1v) is 11.1. The Kier molecular flexibility index (Phi) is 6.36. The topological polar surface area (TPSA) is 60.9 Å². The lowest BCUT2D eigenvalue weighted by molar-refractivity contribution is 0.0732. The highest BCUT2D eigenvalue weighted by Crippen LogP contribution is 2.25. The highest BCUT2D eigenvalue weighted by Gasteiger charge is 2.29. The van der Waals surface area contributed by atoms with Crippen LogP contribution in [0.25, 0.3) is 0 Å². The Balaban J connectivity index is 1.84. The average molecular weight is 402 g/mol. The summed E-state index contributed by atoms with van der Waals surface area (Å²) >= 11 is 0. The fourth-order valence-electron chi connectivity index (χ4n) is 3.28. The fourth-order valence-corrected chi connectivity index (χ4v) is 4.84. The van der Waals surface area contributed by atoms with Crippen molar-refractivity contribution in [3.05, 3.63) is 65.7 Å². The van der Waals surface area contributed by atoms with E-state index < -0.39 is 10.0 Å². The van der Waals surface area contributed by atoms with Crippen LogP contribution in [-0.4, -0.2) is 63.6 Å². The minimum absolute atomic E-state index is 0.0934. The van der Waals surface area contributed by atoms with Gasteiger partial charge in [0.15, 0.2) is 0 Å². The van der Waals surface area contributed by atoms with Crippen LogP contribution in [0.2, 0.25) is 0 Å². The number of nitrogens with zero attached hydrogens (tertiary/aromatic N) is 3. The predicted molar refractivity (Wildman–Crippen MR) is 112 cm³/mol. The molecule has 0 spiro atoms. The van der Waals surface area contributed by atoms with E-state index in [1.54, 1.807) is 24.3 Å². The van der Waals surface area contributed by atoms with Gasteiger partial charge < -0.3 is 9.80 Å². The van der Waals surface area contributed by atoms with Gasteiger partial charge in [-0.15, -0.1) is 0 Å². The number of benzene rings is 2. The van der Waals surface area contributed by atoms with Crippen LogP contribution in [0.1, 0.15) is 22.3 Å². The third-order valence-corrected chi connectivity index (χ3v) is 6.67. The van der Waals surface area contributed by atoms with Crippen LogP contribution in [0.3, 0.4) is 0 Å². The molecule has 1 heterocycles. The summed E-state index contributed by atoms with van der Waals surface area (Å²) < 4.78 is 25.8. The molecule has 0 radical (unpaired) electrons. The highest BCUT2D eigenvalue weighted by molar-refractivity contribution is 7.93. The molecule has 0 bridgehead atoms. The Morgan fingerprint density at radius 2 is 1.79 bits per heavy atom. The van der Waals surface area contributed by atoms with E-state index in [-0.39, 0.29) is 11.7 Å². The molecular weight excluding hydrogens is 374 g/mol. The van der Waals surface area contributed by atoms with Gasteiger partial charge in [-0.25, -0.2) is 8.42 Å². The lowest BCUT2D eigenvalue weighted by Crippen LogP contribution is -2.36. The second kappa shape index (κ2) is 8.75. The Bertz CT molecular complexity index is 914. The van der Waals surface area contributed by atoms with E-state index in [9.17, 15) is 13.2 Å².